The molecule has 3 nitrogen and oxygen atoms in total. The molecule has 22 heavy (non-hydrogen) atoms. The van der Waals surface area contributed by atoms with E-state index in [1.165, 1.54) is 7.11 Å². The fourth-order valence-corrected chi connectivity index (χ4v) is 3.57. The largest absolute Gasteiger partial charge is 0.508 e. The first-order chi connectivity index (χ1) is 10.4. The third-order valence-corrected chi connectivity index (χ3v) is 4.91. The highest BCUT2D eigenvalue weighted by Gasteiger charge is 2.45. The number of phenolic OH excluding ortho intramolecular Hbond substituents is 1. The molecule has 3 heteroatoms. The molecule has 0 bridgehead atoms. The molecule has 3 atom stereocenters. The lowest BCUT2D eigenvalue weighted by Gasteiger charge is -2.42. The van der Waals surface area contributed by atoms with Crippen LogP contribution in [0, 0.1) is 11.3 Å². The SMILES string of the molecule is C=C[C@]1(C(=O)OC)CC[C@@H](C(=C)C)[C@H](c2ccc(O)cc2)C1. The van der Waals surface area contributed by atoms with E-state index < -0.39 is 5.41 Å². The summed E-state index contributed by atoms with van der Waals surface area (Å²) in [5.41, 5.74) is 1.60. The van der Waals surface area contributed by atoms with Gasteiger partial charge in [-0.3, -0.25) is 4.79 Å². The number of hydrogen-bond donors (Lipinski definition) is 1. The lowest BCUT2D eigenvalue weighted by atomic mass is 9.62. The van der Waals surface area contributed by atoms with Gasteiger partial charge in [-0.2, -0.15) is 0 Å². The number of allylic oxidation sites excluding steroid dienone is 1. The molecule has 1 saturated carbocycles. The highest BCUT2D eigenvalue weighted by molar-refractivity contribution is 5.79. The Kier molecular flexibility index (Phi) is 4.74. The highest BCUT2D eigenvalue weighted by Crippen LogP contribution is 2.50. The molecule has 1 fully saturated rings. The molecule has 0 amide bonds. The first kappa shape index (κ1) is 16.3. The molecule has 0 radical (unpaired) electrons. The molecule has 2 rings (SSSR count). The number of benzene rings is 1. The van der Waals surface area contributed by atoms with E-state index in [9.17, 15) is 9.90 Å². The summed E-state index contributed by atoms with van der Waals surface area (Å²) in [5.74, 6) is 0.520. The van der Waals surface area contributed by atoms with Crippen molar-refractivity contribution in [1.82, 2.24) is 0 Å². The highest BCUT2D eigenvalue weighted by atomic mass is 16.5. The van der Waals surface area contributed by atoms with E-state index >= 15 is 0 Å². The van der Waals surface area contributed by atoms with Crippen LogP contribution in [0.3, 0.4) is 0 Å². The van der Waals surface area contributed by atoms with Crippen molar-refractivity contribution in [3.63, 3.8) is 0 Å². The average Bonchev–Trinajstić information content (AvgIpc) is 2.54. The average molecular weight is 300 g/mol. The molecule has 0 heterocycles. The summed E-state index contributed by atoms with van der Waals surface area (Å²) in [4.78, 5) is 12.3. The fourth-order valence-electron chi connectivity index (χ4n) is 3.57. The quantitative estimate of drug-likeness (QED) is 0.669. The summed E-state index contributed by atoms with van der Waals surface area (Å²) in [7, 11) is 1.42. The van der Waals surface area contributed by atoms with Gasteiger partial charge in [0.2, 0.25) is 0 Å². The Morgan fingerprint density at radius 1 is 1.41 bits per heavy atom. The second-order valence-corrected chi connectivity index (χ2v) is 6.25. The van der Waals surface area contributed by atoms with Crippen molar-refractivity contribution in [2.45, 2.75) is 32.1 Å². The number of phenols is 1. The zero-order chi connectivity index (χ0) is 16.3. The van der Waals surface area contributed by atoms with Gasteiger partial charge in [0.25, 0.3) is 0 Å². The van der Waals surface area contributed by atoms with Gasteiger partial charge < -0.3 is 9.84 Å². The van der Waals surface area contributed by atoms with E-state index in [1.807, 2.05) is 19.1 Å². The maximum Gasteiger partial charge on any atom is 0.315 e. The number of aromatic hydroxyl groups is 1. The zero-order valence-electron chi connectivity index (χ0n) is 13.3. The Bertz CT molecular complexity index is 573. The van der Waals surface area contributed by atoms with Crippen LogP contribution in [0.2, 0.25) is 0 Å². The number of rotatable bonds is 4. The second-order valence-electron chi connectivity index (χ2n) is 6.25. The van der Waals surface area contributed by atoms with E-state index in [0.29, 0.717) is 12.3 Å². The molecular weight excluding hydrogens is 276 g/mol. The monoisotopic (exact) mass is 300 g/mol. The van der Waals surface area contributed by atoms with Crippen molar-refractivity contribution >= 4 is 5.97 Å². The van der Waals surface area contributed by atoms with Crippen LogP contribution in [0.1, 0.15) is 37.7 Å². The molecule has 0 aliphatic heterocycles. The Morgan fingerprint density at radius 2 is 2.05 bits per heavy atom. The number of esters is 1. The standard InChI is InChI=1S/C19H24O3/c1-5-19(18(21)22-4)11-10-16(13(2)3)17(12-19)14-6-8-15(20)9-7-14/h5-9,16-17,20H,1-2,10-12H2,3-4H3/t16-,17-,19-/m0/s1. The minimum Gasteiger partial charge on any atom is -0.508 e. The molecular formula is C19H24O3. The summed E-state index contributed by atoms with van der Waals surface area (Å²) in [6.07, 6.45) is 4.00. The van der Waals surface area contributed by atoms with Crippen molar-refractivity contribution in [3.05, 3.63) is 54.6 Å². The second kappa shape index (κ2) is 6.39. The maximum absolute atomic E-state index is 12.3. The van der Waals surface area contributed by atoms with Crippen LogP contribution in [0.25, 0.3) is 0 Å². The summed E-state index contributed by atoms with van der Waals surface area (Å²) >= 11 is 0. The smallest absolute Gasteiger partial charge is 0.315 e. The van der Waals surface area contributed by atoms with Gasteiger partial charge in [0.05, 0.1) is 12.5 Å². The molecule has 118 valence electrons. The summed E-state index contributed by atoms with van der Waals surface area (Å²) in [5, 5.41) is 9.50. The van der Waals surface area contributed by atoms with Crippen LogP contribution in [-0.4, -0.2) is 18.2 Å². The minimum atomic E-state index is -0.636. The number of methoxy groups -OCH3 is 1. The summed E-state index contributed by atoms with van der Waals surface area (Å²) in [6.45, 7) is 10.0. The van der Waals surface area contributed by atoms with Gasteiger partial charge in [0.15, 0.2) is 0 Å². The van der Waals surface area contributed by atoms with Crippen molar-refractivity contribution in [2.75, 3.05) is 7.11 Å². The van der Waals surface area contributed by atoms with Crippen molar-refractivity contribution in [2.24, 2.45) is 11.3 Å². The van der Waals surface area contributed by atoms with Crippen molar-refractivity contribution in [3.8, 4) is 5.75 Å². The van der Waals surface area contributed by atoms with Crippen molar-refractivity contribution < 1.29 is 14.6 Å². The molecule has 0 unspecified atom stereocenters. The number of carbonyl (C=O) groups is 1. The van der Waals surface area contributed by atoms with E-state index in [4.69, 9.17) is 4.74 Å². The van der Waals surface area contributed by atoms with Gasteiger partial charge in [-0.15, -0.1) is 6.58 Å². The lowest BCUT2D eigenvalue weighted by Crippen LogP contribution is -2.38. The normalized spacial score (nSPS) is 27.9. The van der Waals surface area contributed by atoms with Crippen molar-refractivity contribution in [1.29, 1.82) is 0 Å². The van der Waals surface area contributed by atoms with E-state index in [0.717, 1.165) is 24.0 Å². The molecule has 0 saturated heterocycles. The van der Waals surface area contributed by atoms with Crippen LogP contribution >= 0.6 is 0 Å². The third kappa shape index (κ3) is 2.94. The Hall–Kier alpha value is -2.03. The van der Waals surface area contributed by atoms with Crippen LogP contribution in [-0.2, 0) is 9.53 Å². The van der Waals surface area contributed by atoms with Crippen LogP contribution in [0.5, 0.6) is 5.75 Å². The molecule has 1 aromatic rings. The van der Waals surface area contributed by atoms with Crippen LogP contribution < -0.4 is 0 Å². The van der Waals surface area contributed by atoms with E-state index in [-0.39, 0.29) is 17.6 Å². The van der Waals surface area contributed by atoms with E-state index in [1.54, 1.807) is 18.2 Å². The molecule has 0 aromatic heterocycles. The van der Waals surface area contributed by atoms with Gasteiger partial charge in [-0.1, -0.05) is 30.4 Å². The first-order valence-electron chi connectivity index (χ1n) is 7.60. The minimum absolute atomic E-state index is 0.170. The fraction of sp³-hybridized carbons (Fsp3) is 0.421. The molecule has 0 spiro atoms. The van der Waals surface area contributed by atoms with Gasteiger partial charge in [-0.25, -0.2) is 0 Å². The lowest BCUT2D eigenvalue weighted by molar-refractivity contribution is -0.152. The first-order valence-corrected chi connectivity index (χ1v) is 7.60. The maximum atomic E-state index is 12.3. The predicted molar refractivity (Wildman–Crippen MR) is 87.6 cm³/mol. The molecule has 1 N–H and O–H groups in total. The molecule has 1 aromatic carbocycles. The summed E-state index contributed by atoms with van der Waals surface area (Å²) < 4.78 is 5.01. The predicted octanol–water partition coefficient (Wildman–Crippen LogP) is 4.20. The van der Waals surface area contributed by atoms with Gasteiger partial charge >= 0.3 is 5.97 Å². The molecule has 1 aliphatic carbocycles. The van der Waals surface area contributed by atoms with Crippen LogP contribution in [0.15, 0.2) is 49.1 Å². The molecule has 1 aliphatic rings. The number of ether oxygens (including phenoxy) is 1. The summed E-state index contributed by atoms with van der Waals surface area (Å²) in [6, 6.07) is 7.22. The Balaban J connectivity index is 2.39. The Morgan fingerprint density at radius 3 is 2.55 bits per heavy atom. The van der Waals surface area contributed by atoms with Gasteiger partial charge in [-0.05, 0) is 55.7 Å². The van der Waals surface area contributed by atoms with Crippen LogP contribution in [0.4, 0.5) is 0 Å². The van der Waals surface area contributed by atoms with Gasteiger partial charge in [0, 0.05) is 0 Å². The topological polar surface area (TPSA) is 46.5 Å². The number of hydrogen-bond acceptors (Lipinski definition) is 3. The number of carbonyl (C=O) groups excluding carboxylic acids is 1. The van der Waals surface area contributed by atoms with E-state index in [2.05, 4.69) is 13.2 Å². The van der Waals surface area contributed by atoms with Gasteiger partial charge in [0.1, 0.15) is 5.75 Å². The zero-order valence-corrected chi connectivity index (χ0v) is 13.3. The Labute approximate surface area is 132 Å². The third-order valence-electron chi connectivity index (χ3n) is 4.91.